The van der Waals surface area contributed by atoms with Gasteiger partial charge in [-0.1, -0.05) is 28.1 Å². The summed E-state index contributed by atoms with van der Waals surface area (Å²) < 4.78 is 0.948. The van der Waals surface area contributed by atoms with Crippen molar-refractivity contribution in [3.8, 4) is 0 Å². The number of hydrogen-bond acceptors (Lipinski definition) is 2. The summed E-state index contributed by atoms with van der Waals surface area (Å²) in [5.74, 6) is -1.38. The highest BCUT2D eigenvalue weighted by molar-refractivity contribution is 9.10. The number of urea groups is 1. The molecule has 0 fully saturated rings. The third kappa shape index (κ3) is 3.60. The molecule has 0 spiro atoms. The van der Waals surface area contributed by atoms with Crippen LogP contribution in [-0.4, -0.2) is 23.1 Å². The molecule has 6 heteroatoms. The Morgan fingerprint density at radius 2 is 2.10 bits per heavy atom. The van der Waals surface area contributed by atoms with Gasteiger partial charge in [0.25, 0.3) is 0 Å². The van der Waals surface area contributed by atoms with E-state index in [9.17, 15) is 9.59 Å². The molecule has 0 aromatic heterocycles. The predicted octanol–water partition coefficient (Wildman–Crippen LogP) is 2.91. The highest BCUT2D eigenvalue weighted by atomic mass is 79.9. The summed E-state index contributed by atoms with van der Waals surface area (Å²) in [5.41, 5.74) is 1.67. The average Bonchev–Trinajstić information content (AvgIpc) is 2.81. The van der Waals surface area contributed by atoms with Crippen LogP contribution in [0.5, 0.6) is 0 Å². The molecule has 2 rings (SSSR count). The average molecular weight is 339 g/mol. The molecule has 0 saturated heterocycles. The Balaban J connectivity index is 1.90. The van der Waals surface area contributed by atoms with Gasteiger partial charge in [-0.05, 0) is 37.1 Å². The lowest BCUT2D eigenvalue weighted by molar-refractivity contribution is -0.140. The van der Waals surface area contributed by atoms with Crippen molar-refractivity contribution in [2.45, 2.75) is 19.4 Å². The smallest absolute Gasteiger partial charge is 0.319 e. The van der Waals surface area contributed by atoms with Crippen LogP contribution < -0.4 is 10.6 Å². The molecule has 2 unspecified atom stereocenters. The van der Waals surface area contributed by atoms with E-state index in [0.29, 0.717) is 6.42 Å². The van der Waals surface area contributed by atoms with Crippen LogP contribution in [0.2, 0.25) is 0 Å². The van der Waals surface area contributed by atoms with Gasteiger partial charge in [0.2, 0.25) is 0 Å². The lowest BCUT2D eigenvalue weighted by Crippen LogP contribution is -2.36. The van der Waals surface area contributed by atoms with E-state index in [1.54, 1.807) is 12.2 Å². The normalized spacial score (nSPS) is 20.7. The second-order valence-corrected chi connectivity index (χ2v) is 5.65. The Kier molecular flexibility index (Phi) is 4.44. The van der Waals surface area contributed by atoms with Crippen LogP contribution in [0.1, 0.15) is 12.0 Å². The molecule has 3 N–H and O–H groups in total. The summed E-state index contributed by atoms with van der Waals surface area (Å²) in [7, 11) is 0. The third-order valence-corrected chi connectivity index (χ3v) is 3.65. The van der Waals surface area contributed by atoms with Crippen LogP contribution in [0.3, 0.4) is 0 Å². The number of hydrogen-bond donors (Lipinski definition) is 3. The summed E-state index contributed by atoms with van der Waals surface area (Å²) >= 11 is 3.36. The summed E-state index contributed by atoms with van der Waals surface area (Å²) in [4.78, 5) is 22.7. The summed E-state index contributed by atoms with van der Waals surface area (Å²) in [6, 6.07) is 4.98. The van der Waals surface area contributed by atoms with Gasteiger partial charge in [-0.2, -0.15) is 0 Å². The van der Waals surface area contributed by atoms with E-state index in [-0.39, 0.29) is 12.1 Å². The van der Waals surface area contributed by atoms with Gasteiger partial charge in [-0.25, -0.2) is 4.79 Å². The number of amides is 2. The molecule has 0 bridgehead atoms. The van der Waals surface area contributed by atoms with Crippen LogP contribution >= 0.6 is 15.9 Å². The number of rotatable bonds is 3. The van der Waals surface area contributed by atoms with E-state index in [1.165, 1.54) is 0 Å². The van der Waals surface area contributed by atoms with E-state index < -0.39 is 11.9 Å². The Hall–Kier alpha value is -1.82. The first-order valence-corrected chi connectivity index (χ1v) is 7.00. The molecular formula is C14H15BrN2O3. The number of halogens is 1. The van der Waals surface area contributed by atoms with Gasteiger partial charge in [-0.15, -0.1) is 0 Å². The van der Waals surface area contributed by atoms with Crippen molar-refractivity contribution in [2.24, 2.45) is 5.92 Å². The van der Waals surface area contributed by atoms with Crippen molar-refractivity contribution in [1.82, 2.24) is 5.32 Å². The van der Waals surface area contributed by atoms with E-state index in [1.807, 2.05) is 25.1 Å². The number of nitrogens with one attached hydrogen (secondary N) is 2. The molecule has 0 radical (unpaired) electrons. The number of carboxylic acids is 1. The van der Waals surface area contributed by atoms with Gasteiger partial charge in [0.1, 0.15) is 0 Å². The first-order chi connectivity index (χ1) is 9.45. The predicted molar refractivity (Wildman–Crippen MR) is 79.7 cm³/mol. The second-order valence-electron chi connectivity index (χ2n) is 4.73. The largest absolute Gasteiger partial charge is 0.481 e. The summed E-state index contributed by atoms with van der Waals surface area (Å²) in [5, 5.41) is 14.4. The monoisotopic (exact) mass is 338 g/mol. The number of benzene rings is 1. The number of aliphatic carboxylic acids is 1. The minimum Gasteiger partial charge on any atom is -0.481 e. The number of aryl methyl sites for hydroxylation is 1. The zero-order chi connectivity index (χ0) is 14.7. The minimum absolute atomic E-state index is 0.244. The quantitative estimate of drug-likeness (QED) is 0.741. The Bertz CT molecular complexity index is 572. The lowest BCUT2D eigenvalue weighted by Gasteiger charge is -2.14. The summed E-state index contributed by atoms with van der Waals surface area (Å²) in [6.45, 7) is 1.90. The third-order valence-electron chi connectivity index (χ3n) is 3.15. The molecule has 2 atom stereocenters. The number of carbonyl (C=O) groups excluding carboxylic acids is 1. The molecular weight excluding hydrogens is 324 g/mol. The van der Waals surface area contributed by atoms with E-state index in [4.69, 9.17) is 5.11 Å². The second kappa shape index (κ2) is 6.09. The molecule has 1 aromatic carbocycles. The minimum atomic E-state index is -0.866. The van der Waals surface area contributed by atoms with Gasteiger partial charge < -0.3 is 15.7 Å². The van der Waals surface area contributed by atoms with Gasteiger partial charge >= 0.3 is 12.0 Å². The first-order valence-electron chi connectivity index (χ1n) is 6.20. The van der Waals surface area contributed by atoms with Gasteiger partial charge in [-0.3, -0.25) is 4.79 Å². The van der Waals surface area contributed by atoms with E-state index >= 15 is 0 Å². The van der Waals surface area contributed by atoms with Gasteiger partial charge in [0, 0.05) is 10.2 Å². The van der Waals surface area contributed by atoms with Crippen molar-refractivity contribution in [3.63, 3.8) is 0 Å². The zero-order valence-electron chi connectivity index (χ0n) is 10.9. The molecule has 0 aliphatic heterocycles. The van der Waals surface area contributed by atoms with E-state index in [2.05, 4.69) is 26.6 Å². The van der Waals surface area contributed by atoms with Gasteiger partial charge in [0.05, 0.1) is 12.0 Å². The zero-order valence-corrected chi connectivity index (χ0v) is 12.5. The van der Waals surface area contributed by atoms with Crippen LogP contribution in [0, 0.1) is 12.8 Å². The Morgan fingerprint density at radius 1 is 1.35 bits per heavy atom. The number of carboxylic acid groups (broad SMARTS) is 1. The van der Waals surface area contributed by atoms with Gasteiger partial charge in [0.15, 0.2) is 0 Å². The first kappa shape index (κ1) is 14.6. The van der Waals surface area contributed by atoms with Crippen molar-refractivity contribution >= 4 is 33.6 Å². The van der Waals surface area contributed by atoms with Crippen molar-refractivity contribution in [3.05, 3.63) is 40.4 Å². The molecule has 20 heavy (non-hydrogen) atoms. The van der Waals surface area contributed by atoms with Crippen LogP contribution in [-0.2, 0) is 4.79 Å². The highest BCUT2D eigenvalue weighted by Crippen LogP contribution is 2.21. The fourth-order valence-corrected chi connectivity index (χ4v) is 2.56. The fraction of sp³-hybridized carbons (Fsp3) is 0.286. The molecule has 1 aromatic rings. The maximum absolute atomic E-state index is 11.9. The Morgan fingerprint density at radius 3 is 2.70 bits per heavy atom. The topological polar surface area (TPSA) is 78.4 Å². The molecule has 2 amide bonds. The number of anilines is 1. The number of carbonyl (C=O) groups is 2. The highest BCUT2D eigenvalue weighted by Gasteiger charge is 2.25. The molecule has 1 aliphatic rings. The molecule has 1 aliphatic carbocycles. The van der Waals surface area contributed by atoms with Crippen LogP contribution in [0.15, 0.2) is 34.8 Å². The van der Waals surface area contributed by atoms with Crippen LogP contribution in [0.4, 0.5) is 10.5 Å². The summed E-state index contributed by atoms with van der Waals surface area (Å²) in [6.07, 6.45) is 3.72. The van der Waals surface area contributed by atoms with Crippen molar-refractivity contribution < 1.29 is 14.7 Å². The van der Waals surface area contributed by atoms with Crippen molar-refractivity contribution in [2.75, 3.05) is 5.32 Å². The molecule has 0 heterocycles. The van der Waals surface area contributed by atoms with Crippen LogP contribution in [0.25, 0.3) is 0 Å². The molecule has 0 saturated carbocycles. The van der Waals surface area contributed by atoms with Crippen molar-refractivity contribution in [1.29, 1.82) is 0 Å². The van der Waals surface area contributed by atoms with E-state index in [0.717, 1.165) is 15.7 Å². The molecule has 106 valence electrons. The SMILES string of the molecule is Cc1cc(Br)ccc1NC(=O)NC1C=CC(C(=O)O)C1. The lowest BCUT2D eigenvalue weighted by atomic mass is 10.1. The maximum atomic E-state index is 11.9. The standard InChI is InChI=1S/C14H15BrN2O3/c1-8-6-10(15)3-5-12(8)17-14(20)16-11-4-2-9(7-11)13(18)19/h2-6,9,11H,7H2,1H3,(H,18,19)(H2,16,17,20). The fourth-order valence-electron chi connectivity index (χ4n) is 2.08. The Labute approximate surface area is 125 Å². The molecule has 5 nitrogen and oxygen atoms in total. The maximum Gasteiger partial charge on any atom is 0.319 e.